The highest BCUT2D eigenvalue weighted by molar-refractivity contribution is 8.06. The van der Waals surface area contributed by atoms with Gasteiger partial charge in [-0.25, -0.2) is 13.1 Å². The number of thioether (sulfide) groups is 2. The van der Waals surface area contributed by atoms with Gasteiger partial charge >= 0.3 is 0 Å². The van der Waals surface area contributed by atoms with Crippen LogP contribution in [0.1, 0.15) is 4.88 Å². The van der Waals surface area contributed by atoms with E-state index in [4.69, 9.17) is 18.0 Å². The smallest absolute Gasteiger partial charge is 0.250 e. The lowest BCUT2D eigenvalue weighted by molar-refractivity contribution is 0.583. The second-order valence-electron chi connectivity index (χ2n) is 3.90. The van der Waals surface area contributed by atoms with E-state index in [-0.39, 0.29) is 9.20 Å². The van der Waals surface area contributed by atoms with Gasteiger partial charge in [0.15, 0.2) is 0 Å². The van der Waals surface area contributed by atoms with Crippen LogP contribution in [-0.2, 0) is 10.0 Å². The SMILES string of the molecule is NC(=S)c1ccc(S(=O)(=O)NCC2CSCCS2)s1. The molecular weight excluding hydrogens is 340 g/mol. The Kier molecular flexibility index (Phi) is 5.55. The quantitative estimate of drug-likeness (QED) is 0.781. The average Bonchev–Trinajstić information content (AvgIpc) is 2.88. The Morgan fingerprint density at radius 2 is 2.26 bits per heavy atom. The van der Waals surface area contributed by atoms with Gasteiger partial charge in [-0.3, -0.25) is 0 Å². The lowest BCUT2D eigenvalue weighted by Gasteiger charge is -2.20. The molecule has 19 heavy (non-hydrogen) atoms. The predicted molar refractivity (Wildman–Crippen MR) is 89.0 cm³/mol. The van der Waals surface area contributed by atoms with Gasteiger partial charge in [-0.05, 0) is 12.1 Å². The number of thiophene rings is 1. The number of hydrogen-bond donors (Lipinski definition) is 2. The molecule has 0 bridgehead atoms. The van der Waals surface area contributed by atoms with Crippen LogP contribution in [0.25, 0.3) is 0 Å². The maximum absolute atomic E-state index is 12.1. The van der Waals surface area contributed by atoms with Crippen LogP contribution in [-0.4, -0.2) is 42.5 Å². The summed E-state index contributed by atoms with van der Waals surface area (Å²) < 4.78 is 27.1. The first-order valence-electron chi connectivity index (χ1n) is 5.58. The van der Waals surface area contributed by atoms with Crippen molar-refractivity contribution in [2.75, 3.05) is 23.8 Å². The molecule has 1 atom stereocenters. The molecule has 0 radical (unpaired) electrons. The lowest BCUT2D eigenvalue weighted by Crippen LogP contribution is -2.33. The molecule has 3 N–H and O–H groups in total. The van der Waals surface area contributed by atoms with E-state index in [9.17, 15) is 8.42 Å². The van der Waals surface area contributed by atoms with Crippen LogP contribution in [0.4, 0.5) is 0 Å². The molecule has 9 heteroatoms. The summed E-state index contributed by atoms with van der Waals surface area (Å²) in [7, 11) is -3.44. The molecule has 1 aliphatic heterocycles. The van der Waals surface area contributed by atoms with E-state index in [1.807, 2.05) is 23.5 Å². The number of hydrogen-bond acceptors (Lipinski definition) is 6. The maximum atomic E-state index is 12.1. The molecule has 1 aromatic rings. The topological polar surface area (TPSA) is 72.2 Å². The van der Waals surface area contributed by atoms with Gasteiger partial charge in [0.25, 0.3) is 0 Å². The highest BCUT2D eigenvalue weighted by Gasteiger charge is 2.21. The summed E-state index contributed by atoms with van der Waals surface area (Å²) in [6.45, 7) is 0.473. The zero-order valence-electron chi connectivity index (χ0n) is 10.00. The third-order valence-corrected chi connectivity index (χ3v) is 8.70. The molecule has 1 aromatic heterocycles. The standard InChI is InChI=1S/C10H14N2O2S5/c11-10(15)8-1-2-9(18-8)19(13,14)12-5-7-6-16-3-4-17-7/h1-2,7,12H,3-6H2,(H2,11,15). The van der Waals surface area contributed by atoms with Gasteiger partial charge in [0.05, 0.1) is 4.88 Å². The van der Waals surface area contributed by atoms with Crippen LogP contribution in [0, 0.1) is 0 Å². The third-order valence-electron chi connectivity index (χ3n) is 2.48. The normalized spacial score (nSPS) is 20.3. The van der Waals surface area contributed by atoms with Gasteiger partial charge < -0.3 is 5.73 Å². The van der Waals surface area contributed by atoms with Crippen LogP contribution in [0.3, 0.4) is 0 Å². The van der Waals surface area contributed by atoms with Crippen LogP contribution < -0.4 is 10.5 Å². The van der Waals surface area contributed by atoms with E-state index < -0.39 is 10.0 Å². The Morgan fingerprint density at radius 1 is 1.47 bits per heavy atom. The van der Waals surface area contributed by atoms with Crippen molar-refractivity contribution in [2.45, 2.75) is 9.46 Å². The molecule has 0 amide bonds. The fourth-order valence-corrected chi connectivity index (χ4v) is 6.72. The number of sulfonamides is 1. The largest absolute Gasteiger partial charge is 0.389 e. The van der Waals surface area contributed by atoms with Crippen LogP contribution in [0.15, 0.2) is 16.3 Å². The minimum atomic E-state index is -3.44. The Balaban J connectivity index is 1.98. The highest BCUT2D eigenvalue weighted by atomic mass is 32.2. The van der Waals surface area contributed by atoms with Crippen molar-refractivity contribution in [2.24, 2.45) is 5.73 Å². The monoisotopic (exact) mass is 354 g/mol. The molecular formula is C10H14N2O2S5. The Labute approximate surface area is 131 Å². The van der Waals surface area contributed by atoms with E-state index in [2.05, 4.69) is 4.72 Å². The minimum Gasteiger partial charge on any atom is -0.389 e. The summed E-state index contributed by atoms with van der Waals surface area (Å²) in [6.07, 6.45) is 0. The molecule has 1 unspecified atom stereocenters. The number of rotatable bonds is 5. The summed E-state index contributed by atoms with van der Waals surface area (Å²) in [5.41, 5.74) is 5.48. The summed E-state index contributed by atoms with van der Waals surface area (Å²) in [5.74, 6) is 3.23. The molecule has 2 heterocycles. The maximum Gasteiger partial charge on any atom is 0.250 e. The Hall–Kier alpha value is 0.200. The molecule has 4 nitrogen and oxygen atoms in total. The number of nitrogens with two attached hydrogens (primary N) is 1. The summed E-state index contributed by atoms with van der Waals surface area (Å²) >= 11 is 9.63. The van der Waals surface area contributed by atoms with E-state index in [1.54, 1.807) is 12.1 Å². The lowest BCUT2D eigenvalue weighted by atomic mass is 10.5. The van der Waals surface area contributed by atoms with Crippen molar-refractivity contribution < 1.29 is 8.42 Å². The first-order chi connectivity index (χ1) is 8.99. The molecule has 1 saturated heterocycles. The molecule has 0 spiro atoms. The Morgan fingerprint density at radius 3 is 2.84 bits per heavy atom. The van der Waals surface area contributed by atoms with Gasteiger partial charge in [0.2, 0.25) is 10.0 Å². The van der Waals surface area contributed by atoms with Gasteiger partial charge in [-0.2, -0.15) is 23.5 Å². The zero-order valence-corrected chi connectivity index (χ0v) is 14.1. The van der Waals surface area contributed by atoms with E-state index >= 15 is 0 Å². The summed E-state index contributed by atoms with van der Waals surface area (Å²) in [6, 6.07) is 3.19. The first kappa shape index (κ1) is 15.6. The molecule has 0 saturated carbocycles. The van der Waals surface area contributed by atoms with Gasteiger partial charge in [0.1, 0.15) is 9.20 Å². The number of thiocarbonyl (C=S) groups is 1. The fraction of sp³-hybridized carbons (Fsp3) is 0.500. The van der Waals surface area contributed by atoms with Crippen LogP contribution in [0.5, 0.6) is 0 Å². The third kappa shape index (κ3) is 4.33. The molecule has 0 aromatic carbocycles. The van der Waals surface area contributed by atoms with Crippen molar-refractivity contribution in [3.8, 4) is 0 Å². The minimum absolute atomic E-state index is 0.227. The van der Waals surface area contributed by atoms with Crippen molar-refractivity contribution >= 4 is 62.1 Å². The predicted octanol–water partition coefficient (Wildman–Crippen LogP) is 1.51. The van der Waals surface area contributed by atoms with E-state index in [1.165, 1.54) is 0 Å². The van der Waals surface area contributed by atoms with Crippen molar-refractivity contribution in [1.29, 1.82) is 0 Å². The summed E-state index contributed by atoms with van der Waals surface area (Å²) in [4.78, 5) is 0.851. The van der Waals surface area contributed by atoms with Gasteiger partial charge in [-0.15, -0.1) is 11.3 Å². The zero-order chi connectivity index (χ0) is 13.9. The molecule has 0 aliphatic carbocycles. The summed E-state index contributed by atoms with van der Waals surface area (Å²) in [5, 5.41) is 0.351. The fourth-order valence-electron chi connectivity index (χ4n) is 1.53. The van der Waals surface area contributed by atoms with Crippen LogP contribution >= 0.6 is 47.1 Å². The first-order valence-corrected chi connectivity index (χ1v) is 10.5. The highest BCUT2D eigenvalue weighted by Crippen LogP contribution is 2.25. The second kappa shape index (κ2) is 6.77. The van der Waals surface area contributed by atoms with Gasteiger partial charge in [-0.1, -0.05) is 12.2 Å². The number of nitrogens with one attached hydrogen (secondary N) is 1. The van der Waals surface area contributed by atoms with Crippen molar-refractivity contribution in [1.82, 2.24) is 4.72 Å². The average molecular weight is 355 g/mol. The second-order valence-corrected chi connectivity index (χ2v) is 9.98. The van der Waals surface area contributed by atoms with E-state index in [0.29, 0.717) is 16.7 Å². The molecule has 2 rings (SSSR count). The molecule has 1 aliphatic rings. The Bertz CT molecular complexity index is 548. The van der Waals surface area contributed by atoms with Crippen molar-refractivity contribution in [3.63, 3.8) is 0 Å². The van der Waals surface area contributed by atoms with Crippen molar-refractivity contribution in [3.05, 3.63) is 17.0 Å². The van der Waals surface area contributed by atoms with Gasteiger partial charge in [0, 0.05) is 29.1 Å². The molecule has 1 fully saturated rings. The van der Waals surface area contributed by atoms with Crippen LogP contribution in [0.2, 0.25) is 0 Å². The molecule has 106 valence electrons. The van der Waals surface area contributed by atoms with E-state index in [0.717, 1.165) is 28.6 Å².